The highest BCUT2D eigenvalue weighted by molar-refractivity contribution is 7.87. The molecule has 2 N–H and O–H groups in total. The quantitative estimate of drug-likeness (QED) is 0.780. The minimum absolute atomic E-state index is 0.341. The summed E-state index contributed by atoms with van der Waals surface area (Å²) >= 11 is 0. The molecule has 19 heavy (non-hydrogen) atoms. The van der Waals surface area contributed by atoms with Crippen molar-refractivity contribution in [3.63, 3.8) is 0 Å². The highest BCUT2D eigenvalue weighted by Gasteiger charge is 2.44. The van der Waals surface area contributed by atoms with Crippen molar-refractivity contribution in [2.75, 3.05) is 0 Å². The fourth-order valence-corrected chi connectivity index (χ4v) is 3.29. The normalized spacial score (nSPS) is 14.1. The summed E-state index contributed by atoms with van der Waals surface area (Å²) in [7, 11) is -4.63. The summed E-state index contributed by atoms with van der Waals surface area (Å²) in [4.78, 5) is 11.1. The monoisotopic (exact) mass is 286 g/mol. The van der Waals surface area contributed by atoms with Crippen molar-refractivity contribution in [3.05, 3.63) is 35.9 Å². The largest absolute Gasteiger partial charge is 0.480 e. The second-order valence-electron chi connectivity index (χ2n) is 5.21. The van der Waals surface area contributed by atoms with Crippen LogP contribution in [0.1, 0.15) is 25.8 Å². The SMILES string of the molecule is CC(C)(CCc1ccccc1)C(C(=O)O)S(=O)(=O)O. The van der Waals surface area contributed by atoms with Gasteiger partial charge in [0.25, 0.3) is 10.1 Å². The van der Waals surface area contributed by atoms with E-state index in [2.05, 4.69) is 0 Å². The van der Waals surface area contributed by atoms with Gasteiger partial charge in [-0.1, -0.05) is 44.2 Å². The van der Waals surface area contributed by atoms with Gasteiger partial charge in [-0.3, -0.25) is 9.35 Å². The number of rotatable bonds is 6. The van der Waals surface area contributed by atoms with E-state index in [0.717, 1.165) is 5.56 Å². The highest BCUT2D eigenvalue weighted by Crippen LogP contribution is 2.31. The van der Waals surface area contributed by atoms with Crippen LogP contribution in [0.5, 0.6) is 0 Å². The summed E-state index contributed by atoms with van der Waals surface area (Å²) in [5.74, 6) is -1.53. The summed E-state index contributed by atoms with van der Waals surface area (Å²) in [6.45, 7) is 3.06. The maximum Gasteiger partial charge on any atom is 0.324 e. The Morgan fingerprint density at radius 1 is 1.26 bits per heavy atom. The van der Waals surface area contributed by atoms with Crippen LogP contribution in [0, 0.1) is 5.41 Å². The van der Waals surface area contributed by atoms with E-state index >= 15 is 0 Å². The molecular formula is C13H18O5S. The number of aliphatic carboxylic acids is 1. The van der Waals surface area contributed by atoms with Gasteiger partial charge in [-0.15, -0.1) is 0 Å². The number of benzene rings is 1. The molecule has 0 heterocycles. The molecule has 0 fully saturated rings. The first kappa shape index (κ1) is 15.7. The van der Waals surface area contributed by atoms with Crippen LogP contribution in [-0.4, -0.2) is 29.3 Å². The number of carboxylic acids is 1. The fraction of sp³-hybridized carbons (Fsp3) is 0.462. The van der Waals surface area contributed by atoms with Crippen LogP contribution in [0.3, 0.4) is 0 Å². The van der Waals surface area contributed by atoms with E-state index in [0.29, 0.717) is 12.8 Å². The standard InChI is InChI=1S/C13H18O5S/c1-13(2,11(12(14)15)19(16,17)18)9-8-10-6-4-3-5-7-10/h3-7,11H,8-9H2,1-2H3,(H,14,15)(H,16,17,18). The number of hydrogen-bond acceptors (Lipinski definition) is 3. The maximum atomic E-state index is 11.2. The molecule has 0 saturated carbocycles. The molecule has 1 aromatic rings. The van der Waals surface area contributed by atoms with E-state index in [-0.39, 0.29) is 0 Å². The summed E-state index contributed by atoms with van der Waals surface area (Å²) in [5.41, 5.74) is -0.0648. The molecule has 6 heteroatoms. The Balaban J connectivity index is 2.87. The van der Waals surface area contributed by atoms with Gasteiger partial charge in [-0.2, -0.15) is 8.42 Å². The third-order valence-electron chi connectivity index (χ3n) is 3.13. The van der Waals surface area contributed by atoms with E-state index in [4.69, 9.17) is 9.66 Å². The Morgan fingerprint density at radius 2 is 1.79 bits per heavy atom. The Labute approximate surface area is 113 Å². The zero-order chi connectivity index (χ0) is 14.7. The van der Waals surface area contributed by atoms with E-state index in [1.54, 1.807) is 0 Å². The molecule has 0 saturated heterocycles. The minimum atomic E-state index is -4.63. The summed E-state index contributed by atoms with van der Waals surface area (Å²) in [6.07, 6.45) is 0.890. The van der Waals surface area contributed by atoms with Crippen LogP contribution in [0.15, 0.2) is 30.3 Å². The molecule has 0 aromatic heterocycles. The molecule has 106 valence electrons. The lowest BCUT2D eigenvalue weighted by Crippen LogP contribution is -2.43. The maximum absolute atomic E-state index is 11.2. The zero-order valence-corrected chi connectivity index (χ0v) is 11.7. The predicted molar refractivity (Wildman–Crippen MR) is 71.5 cm³/mol. The van der Waals surface area contributed by atoms with E-state index in [1.165, 1.54) is 13.8 Å². The average molecular weight is 286 g/mol. The van der Waals surface area contributed by atoms with E-state index in [9.17, 15) is 13.2 Å². The number of hydrogen-bond donors (Lipinski definition) is 2. The minimum Gasteiger partial charge on any atom is -0.480 e. The second-order valence-corrected chi connectivity index (χ2v) is 6.71. The smallest absolute Gasteiger partial charge is 0.324 e. The van der Waals surface area contributed by atoms with Gasteiger partial charge >= 0.3 is 5.97 Å². The predicted octanol–water partition coefficient (Wildman–Crippen LogP) is 1.99. The molecule has 0 radical (unpaired) electrons. The first-order chi connectivity index (χ1) is 8.64. The van der Waals surface area contributed by atoms with Crippen molar-refractivity contribution in [2.24, 2.45) is 5.41 Å². The van der Waals surface area contributed by atoms with Gasteiger partial charge in [-0.05, 0) is 23.8 Å². The number of carboxylic acid groups (broad SMARTS) is 1. The summed E-state index contributed by atoms with van der Waals surface area (Å²) < 4.78 is 31.5. The summed E-state index contributed by atoms with van der Waals surface area (Å²) in [6, 6.07) is 9.37. The molecule has 1 atom stereocenters. The van der Waals surface area contributed by atoms with E-state index < -0.39 is 26.8 Å². The molecule has 0 spiro atoms. The van der Waals surface area contributed by atoms with Crippen LogP contribution < -0.4 is 0 Å². The molecule has 1 aromatic carbocycles. The molecule has 0 amide bonds. The molecule has 0 aliphatic rings. The van der Waals surface area contributed by atoms with Crippen molar-refractivity contribution < 1.29 is 22.9 Å². The zero-order valence-electron chi connectivity index (χ0n) is 10.9. The van der Waals surface area contributed by atoms with Gasteiger partial charge in [0.15, 0.2) is 5.25 Å². The van der Waals surface area contributed by atoms with Crippen LogP contribution in [0.25, 0.3) is 0 Å². The Morgan fingerprint density at radius 3 is 2.21 bits per heavy atom. The van der Waals surface area contributed by atoms with Gasteiger partial charge in [0.1, 0.15) is 0 Å². The van der Waals surface area contributed by atoms with Crippen LogP contribution >= 0.6 is 0 Å². The first-order valence-corrected chi connectivity index (χ1v) is 7.38. The summed E-state index contributed by atoms with van der Waals surface area (Å²) in [5, 5.41) is 7.19. The Kier molecular flexibility index (Phi) is 4.70. The molecule has 5 nitrogen and oxygen atoms in total. The fourth-order valence-electron chi connectivity index (χ4n) is 2.11. The molecule has 0 aliphatic heterocycles. The van der Waals surface area contributed by atoms with Gasteiger partial charge in [0, 0.05) is 0 Å². The second kappa shape index (κ2) is 5.71. The topological polar surface area (TPSA) is 91.7 Å². The van der Waals surface area contributed by atoms with Crippen molar-refractivity contribution in [3.8, 4) is 0 Å². The van der Waals surface area contributed by atoms with Crippen molar-refractivity contribution in [1.29, 1.82) is 0 Å². The molecule has 0 aliphatic carbocycles. The van der Waals surface area contributed by atoms with E-state index in [1.807, 2.05) is 30.3 Å². The van der Waals surface area contributed by atoms with Gasteiger partial charge in [0.05, 0.1) is 0 Å². The van der Waals surface area contributed by atoms with Crippen LogP contribution in [0.2, 0.25) is 0 Å². The highest BCUT2D eigenvalue weighted by atomic mass is 32.2. The van der Waals surface area contributed by atoms with Gasteiger partial charge in [0.2, 0.25) is 0 Å². The lowest BCUT2D eigenvalue weighted by Gasteiger charge is -2.29. The van der Waals surface area contributed by atoms with Crippen molar-refractivity contribution in [1.82, 2.24) is 0 Å². The van der Waals surface area contributed by atoms with Crippen LogP contribution in [0.4, 0.5) is 0 Å². The molecular weight excluding hydrogens is 268 g/mol. The average Bonchev–Trinajstić information content (AvgIpc) is 2.24. The Bertz CT molecular complexity index is 533. The third-order valence-corrected chi connectivity index (χ3v) is 4.57. The molecule has 1 unspecified atom stereocenters. The van der Waals surface area contributed by atoms with Crippen molar-refractivity contribution in [2.45, 2.75) is 31.9 Å². The lowest BCUT2D eigenvalue weighted by molar-refractivity contribution is -0.138. The van der Waals surface area contributed by atoms with Gasteiger partial charge in [-0.25, -0.2) is 0 Å². The molecule has 0 bridgehead atoms. The first-order valence-electron chi connectivity index (χ1n) is 5.87. The Hall–Kier alpha value is -1.40. The third kappa shape index (κ3) is 4.33. The van der Waals surface area contributed by atoms with Crippen LogP contribution in [-0.2, 0) is 21.3 Å². The van der Waals surface area contributed by atoms with Crippen molar-refractivity contribution >= 4 is 16.1 Å². The molecule has 1 rings (SSSR count). The lowest BCUT2D eigenvalue weighted by atomic mass is 9.82. The van der Waals surface area contributed by atoms with Gasteiger partial charge < -0.3 is 5.11 Å². The number of aryl methyl sites for hydroxylation is 1. The number of carbonyl (C=O) groups is 1.